The largest absolute Gasteiger partial charge is 0.489 e. The molecule has 2 aromatic carbocycles. The van der Waals surface area contributed by atoms with Crippen molar-refractivity contribution in [2.24, 2.45) is 5.92 Å². The van der Waals surface area contributed by atoms with Gasteiger partial charge in [0.25, 0.3) is 5.89 Å². The normalized spacial score (nSPS) is 13.8. The summed E-state index contributed by atoms with van der Waals surface area (Å²) in [5, 5.41) is 12.5. The maximum Gasteiger partial charge on any atom is 0.266 e. The van der Waals surface area contributed by atoms with Gasteiger partial charge in [0.2, 0.25) is 17.5 Å². The molecule has 0 atom stereocenters. The van der Waals surface area contributed by atoms with Crippen molar-refractivity contribution in [1.29, 1.82) is 5.26 Å². The van der Waals surface area contributed by atoms with E-state index >= 15 is 0 Å². The molecule has 1 fully saturated rings. The van der Waals surface area contributed by atoms with Crippen LogP contribution in [0.4, 0.5) is 5.88 Å². The van der Waals surface area contributed by atoms with Gasteiger partial charge >= 0.3 is 0 Å². The van der Waals surface area contributed by atoms with Crippen LogP contribution in [0.1, 0.15) is 29.7 Å². The van der Waals surface area contributed by atoms with Crippen molar-refractivity contribution in [3.63, 3.8) is 0 Å². The number of benzene rings is 2. The third-order valence-corrected chi connectivity index (χ3v) is 6.24. The van der Waals surface area contributed by atoms with E-state index in [1.807, 2.05) is 59.5 Å². The zero-order valence-corrected chi connectivity index (χ0v) is 19.7. The average Bonchev–Trinajstić information content (AvgIpc) is 3.62. The van der Waals surface area contributed by atoms with Gasteiger partial charge in [0.1, 0.15) is 18.4 Å². The lowest BCUT2D eigenvalue weighted by Crippen LogP contribution is -2.40. The lowest BCUT2D eigenvalue weighted by Gasteiger charge is -2.31. The summed E-state index contributed by atoms with van der Waals surface area (Å²) in [6, 6.07) is 23.3. The number of piperidine rings is 1. The Morgan fingerprint density at radius 3 is 2.50 bits per heavy atom. The number of ether oxygens (including phenoxy) is 1. The highest BCUT2D eigenvalue weighted by molar-refractivity contribution is 5.79. The summed E-state index contributed by atoms with van der Waals surface area (Å²) in [7, 11) is 0. The van der Waals surface area contributed by atoms with Crippen molar-refractivity contribution >= 4 is 11.8 Å². The topological polar surface area (TPSA) is 105 Å². The zero-order valence-electron chi connectivity index (χ0n) is 19.7. The fraction of sp³-hybridized carbons (Fsp3) is 0.250. The Bertz CT molecular complexity index is 1320. The van der Waals surface area contributed by atoms with Gasteiger partial charge in [0, 0.05) is 25.6 Å². The number of nitrogens with zero attached hydrogens (tertiary/aromatic N) is 3. The summed E-state index contributed by atoms with van der Waals surface area (Å²) < 4.78 is 16.9. The summed E-state index contributed by atoms with van der Waals surface area (Å²) in [4.78, 5) is 19.0. The number of anilines is 1. The second-order valence-electron chi connectivity index (χ2n) is 8.66. The number of furan rings is 1. The minimum atomic E-state index is -0.0854. The summed E-state index contributed by atoms with van der Waals surface area (Å²) in [5.74, 6) is 1.98. The van der Waals surface area contributed by atoms with Crippen molar-refractivity contribution in [2.75, 3.05) is 18.0 Å². The molecule has 2 aromatic heterocycles. The molecule has 5 rings (SSSR count). The van der Waals surface area contributed by atoms with E-state index in [0.29, 0.717) is 50.7 Å². The second-order valence-corrected chi connectivity index (χ2v) is 8.66. The number of para-hydroxylation sites is 1. The lowest BCUT2D eigenvalue weighted by atomic mass is 9.96. The van der Waals surface area contributed by atoms with Crippen molar-refractivity contribution in [2.45, 2.75) is 26.0 Å². The van der Waals surface area contributed by atoms with Crippen molar-refractivity contribution < 1.29 is 18.4 Å². The first-order valence-electron chi connectivity index (χ1n) is 11.9. The first kappa shape index (κ1) is 23.2. The van der Waals surface area contributed by atoms with Crippen LogP contribution in [0.2, 0.25) is 0 Å². The molecule has 0 unspecified atom stereocenters. The van der Waals surface area contributed by atoms with Gasteiger partial charge < -0.3 is 23.8 Å². The lowest BCUT2D eigenvalue weighted by molar-refractivity contribution is -0.125. The number of rotatable bonds is 8. The molecule has 8 heteroatoms. The van der Waals surface area contributed by atoms with Gasteiger partial charge in [0.15, 0.2) is 5.76 Å². The van der Waals surface area contributed by atoms with Gasteiger partial charge in [-0.15, -0.1) is 0 Å². The molecular formula is C28H26N4O4. The molecule has 8 nitrogen and oxygen atoms in total. The monoisotopic (exact) mass is 482 g/mol. The fourth-order valence-corrected chi connectivity index (χ4v) is 4.22. The van der Waals surface area contributed by atoms with Crippen molar-refractivity contribution in [3.05, 3.63) is 89.8 Å². The highest BCUT2D eigenvalue weighted by Crippen LogP contribution is 2.31. The number of amides is 1. The van der Waals surface area contributed by atoms with E-state index in [4.69, 9.17) is 13.6 Å². The van der Waals surface area contributed by atoms with Crippen LogP contribution in [0, 0.1) is 17.2 Å². The third-order valence-electron chi connectivity index (χ3n) is 6.24. The zero-order chi connectivity index (χ0) is 24.7. The van der Waals surface area contributed by atoms with Crippen molar-refractivity contribution in [3.8, 4) is 23.5 Å². The Hall–Kier alpha value is -4.51. The van der Waals surface area contributed by atoms with Gasteiger partial charge in [-0.2, -0.15) is 10.2 Å². The number of aromatic nitrogens is 1. The molecule has 1 N–H and O–H groups in total. The van der Waals surface area contributed by atoms with Gasteiger partial charge in [-0.1, -0.05) is 42.5 Å². The SMILES string of the molecule is N#Cc1nc(-c2ccco2)oc1N1CCC(C(=O)NCc2ccc(COc3ccccc3)cc2)CC1. The standard InChI is InChI=1S/C28H26N4O4/c29-17-24-28(36-27(31-24)25-7-4-16-34-25)32-14-12-22(13-15-32)26(33)30-18-20-8-10-21(11-9-20)19-35-23-5-2-1-3-6-23/h1-11,16,22H,12-15,18-19H2,(H,30,33). The van der Waals surface area contributed by atoms with E-state index in [1.54, 1.807) is 12.1 Å². The molecule has 1 amide bonds. The van der Waals surface area contributed by atoms with E-state index in [9.17, 15) is 10.1 Å². The minimum absolute atomic E-state index is 0.0421. The van der Waals surface area contributed by atoms with Crippen LogP contribution in [-0.2, 0) is 17.9 Å². The minimum Gasteiger partial charge on any atom is -0.489 e. The maximum absolute atomic E-state index is 12.8. The van der Waals surface area contributed by atoms with E-state index in [-0.39, 0.29) is 23.4 Å². The highest BCUT2D eigenvalue weighted by Gasteiger charge is 2.29. The average molecular weight is 483 g/mol. The highest BCUT2D eigenvalue weighted by atomic mass is 16.5. The van der Waals surface area contributed by atoms with E-state index in [0.717, 1.165) is 16.9 Å². The maximum atomic E-state index is 12.8. The number of carbonyl (C=O) groups excluding carboxylic acids is 1. The number of nitrogens with one attached hydrogen (secondary N) is 1. The Morgan fingerprint density at radius 2 is 1.81 bits per heavy atom. The summed E-state index contributed by atoms with van der Waals surface area (Å²) in [5.41, 5.74) is 2.33. The molecule has 182 valence electrons. The number of oxazole rings is 1. The molecule has 0 aliphatic carbocycles. The Morgan fingerprint density at radius 1 is 1.06 bits per heavy atom. The third kappa shape index (κ3) is 5.41. The molecule has 3 heterocycles. The Labute approximate surface area is 209 Å². The van der Waals surface area contributed by atoms with E-state index in [2.05, 4.69) is 16.4 Å². The summed E-state index contributed by atoms with van der Waals surface area (Å²) >= 11 is 0. The second kappa shape index (κ2) is 10.8. The van der Waals surface area contributed by atoms with Crippen LogP contribution >= 0.6 is 0 Å². The Kier molecular flexibility index (Phi) is 6.99. The molecule has 0 radical (unpaired) electrons. The van der Waals surface area contributed by atoms with Gasteiger partial charge in [-0.3, -0.25) is 4.79 Å². The predicted molar refractivity (Wildman–Crippen MR) is 133 cm³/mol. The number of hydrogen-bond acceptors (Lipinski definition) is 7. The predicted octanol–water partition coefficient (Wildman–Crippen LogP) is 4.92. The van der Waals surface area contributed by atoms with Crippen LogP contribution in [0.3, 0.4) is 0 Å². The molecule has 0 spiro atoms. The quantitative estimate of drug-likeness (QED) is 0.380. The van der Waals surface area contributed by atoms with Gasteiger partial charge in [-0.05, 0) is 48.2 Å². The summed E-state index contributed by atoms with van der Waals surface area (Å²) in [6.07, 6.45) is 2.87. The molecule has 4 aromatic rings. The van der Waals surface area contributed by atoms with E-state index in [1.165, 1.54) is 6.26 Å². The van der Waals surface area contributed by atoms with Crippen LogP contribution in [-0.4, -0.2) is 24.0 Å². The number of hydrogen-bond donors (Lipinski definition) is 1. The summed E-state index contributed by atoms with van der Waals surface area (Å²) in [6.45, 7) is 2.19. The van der Waals surface area contributed by atoms with Gasteiger partial charge in [0.05, 0.1) is 6.26 Å². The van der Waals surface area contributed by atoms with Crippen LogP contribution < -0.4 is 15.0 Å². The Balaban J connectivity index is 1.10. The molecule has 1 aliphatic heterocycles. The smallest absolute Gasteiger partial charge is 0.266 e. The first-order valence-corrected chi connectivity index (χ1v) is 11.9. The molecule has 0 saturated carbocycles. The van der Waals surface area contributed by atoms with Gasteiger partial charge in [-0.25, -0.2) is 0 Å². The first-order chi connectivity index (χ1) is 17.7. The van der Waals surface area contributed by atoms with E-state index < -0.39 is 0 Å². The molecule has 1 aliphatic rings. The fourth-order valence-electron chi connectivity index (χ4n) is 4.22. The van der Waals surface area contributed by atoms with Crippen LogP contribution in [0.5, 0.6) is 5.75 Å². The van der Waals surface area contributed by atoms with Crippen LogP contribution in [0.25, 0.3) is 11.7 Å². The molecule has 1 saturated heterocycles. The molecular weight excluding hydrogens is 456 g/mol. The van der Waals surface area contributed by atoms with Crippen molar-refractivity contribution in [1.82, 2.24) is 10.3 Å². The number of carbonyl (C=O) groups is 1. The molecule has 36 heavy (non-hydrogen) atoms. The van der Waals surface area contributed by atoms with Crippen LogP contribution in [0.15, 0.2) is 81.8 Å². The number of nitriles is 1. The molecule has 0 bridgehead atoms.